The van der Waals surface area contributed by atoms with E-state index < -0.39 is 5.82 Å². The van der Waals surface area contributed by atoms with Gasteiger partial charge in [-0.3, -0.25) is 9.59 Å². The molecule has 0 atom stereocenters. The van der Waals surface area contributed by atoms with Crippen molar-refractivity contribution in [2.75, 3.05) is 5.32 Å². The molecule has 136 valence electrons. The molecule has 0 bridgehead atoms. The lowest BCUT2D eigenvalue weighted by Gasteiger charge is -2.12. The molecule has 2 amide bonds. The number of carbonyl (C=O) groups excluding carboxylic acids is 2. The molecule has 0 radical (unpaired) electrons. The molecule has 2 N–H and O–H groups in total. The van der Waals surface area contributed by atoms with Gasteiger partial charge in [-0.05, 0) is 29.3 Å². The van der Waals surface area contributed by atoms with Gasteiger partial charge in [0.05, 0.1) is 17.7 Å². The maximum atomic E-state index is 13.7. The van der Waals surface area contributed by atoms with Crippen molar-refractivity contribution >= 4 is 17.5 Å². The molecular weight excluding hydrogens is 343 g/mol. The number of nitrogens with one attached hydrogen (secondary N) is 2. The molecule has 5 heteroatoms. The summed E-state index contributed by atoms with van der Waals surface area (Å²) in [5.74, 6) is -1.11. The van der Waals surface area contributed by atoms with Crippen molar-refractivity contribution in [2.24, 2.45) is 0 Å². The van der Waals surface area contributed by atoms with Crippen molar-refractivity contribution in [3.05, 3.63) is 101 Å². The van der Waals surface area contributed by atoms with Gasteiger partial charge >= 0.3 is 0 Å². The third-order valence-corrected chi connectivity index (χ3v) is 4.05. The molecule has 3 rings (SSSR count). The molecule has 0 aromatic heterocycles. The molecule has 3 aromatic rings. The average molecular weight is 362 g/mol. The van der Waals surface area contributed by atoms with Gasteiger partial charge in [-0.25, -0.2) is 4.39 Å². The van der Waals surface area contributed by atoms with Gasteiger partial charge < -0.3 is 10.6 Å². The molecule has 0 aliphatic rings. The highest BCUT2D eigenvalue weighted by Crippen LogP contribution is 2.16. The van der Waals surface area contributed by atoms with E-state index in [9.17, 15) is 14.0 Å². The summed E-state index contributed by atoms with van der Waals surface area (Å²) in [5, 5.41) is 5.54. The Morgan fingerprint density at radius 1 is 0.815 bits per heavy atom. The van der Waals surface area contributed by atoms with Crippen molar-refractivity contribution in [3.8, 4) is 0 Å². The summed E-state index contributed by atoms with van der Waals surface area (Å²) in [7, 11) is 0. The molecule has 27 heavy (non-hydrogen) atoms. The number of hydrogen-bond acceptors (Lipinski definition) is 2. The van der Waals surface area contributed by atoms with Crippen LogP contribution in [0.2, 0.25) is 0 Å². The zero-order chi connectivity index (χ0) is 19.1. The molecule has 0 saturated heterocycles. The summed E-state index contributed by atoms with van der Waals surface area (Å²) >= 11 is 0. The van der Waals surface area contributed by atoms with Gasteiger partial charge in [0, 0.05) is 6.54 Å². The van der Waals surface area contributed by atoms with Crippen LogP contribution in [0.25, 0.3) is 0 Å². The van der Waals surface area contributed by atoms with Gasteiger partial charge in [-0.2, -0.15) is 0 Å². The van der Waals surface area contributed by atoms with Crippen LogP contribution in [0, 0.1) is 5.82 Å². The van der Waals surface area contributed by atoms with Crippen LogP contribution in [0.1, 0.15) is 21.5 Å². The second kappa shape index (κ2) is 8.76. The molecule has 0 spiro atoms. The minimum Gasteiger partial charge on any atom is -0.348 e. The van der Waals surface area contributed by atoms with Crippen molar-refractivity contribution in [3.63, 3.8) is 0 Å². The largest absolute Gasteiger partial charge is 0.348 e. The average Bonchev–Trinajstić information content (AvgIpc) is 2.69. The molecule has 0 aliphatic carbocycles. The number of amides is 2. The van der Waals surface area contributed by atoms with E-state index in [4.69, 9.17) is 0 Å². The van der Waals surface area contributed by atoms with Crippen molar-refractivity contribution in [2.45, 2.75) is 13.0 Å². The van der Waals surface area contributed by atoms with E-state index in [1.165, 1.54) is 6.07 Å². The molecule has 0 heterocycles. The molecule has 4 nitrogen and oxygen atoms in total. The van der Waals surface area contributed by atoms with Gasteiger partial charge in [0.25, 0.3) is 5.91 Å². The SMILES string of the molecule is O=C(Cc1ccccc1F)Nc1ccccc1C(=O)NCc1ccccc1. The van der Waals surface area contributed by atoms with Crippen LogP contribution >= 0.6 is 0 Å². The number of hydrogen-bond donors (Lipinski definition) is 2. The van der Waals surface area contributed by atoms with Crippen molar-refractivity contribution in [1.29, 1.82) is 0 Å². The molecule has 0 unspecified atom stereocenters. The lowest BCUT2D eigenvalue weighted by molar-refractivity contribution is -0.115. The van der Waals surface area contributed by atoms with Crippen molar-refractivity contribution in [1.82, 2.24) is 5.32 Å². The second-order valence-electron chi connectivity index (χ2n) is 6.03. The van der Waals surface area contributed by atoms with E-state index in [1.54, 1.807) is 42.5 Å². The molecular formula is C22H19FN2O2. The maximum absolute atomic E-state index is 13.7. The maximum Gasteiger partial charge on any atom is 0.253 e. The molecule has 0 aliphatic heterocycles. The van der Waals surface area contributed by atoms with Crippen LogP contribution in [0.4, 0.5) is 10.1 Å². The summed E-state index contributed by atoms with van der Waals surface area (Å²) in [6.07, 6.45) is -0.105. The molecule has 3 aromatic carbocycles. The number of halogens is 1. The minimum absolute atomic E-state index is 0.105. The lowest BCUT2D eigenvalue weighted by atomic mass is 10.1. The number of benzene rings is 3. The topological polar surface area (TPSA) is 58.2 Å². The summed E-state index contributed by atoms with van der Waals surface area (Å²) in [6.45, 7) is 0.386. The van der Waals surface area contributed by atoms with Gasteiger partial charge in [-0.15, -0.1) is 0 Å². The van der Waals surface area contributed by atoms with E-state index >= 15 is 0 Å². The van der Waals surface area contributed by atoms with Crippen LogP contribution in [-0.2, 0) is 17.8 Å². The Bertz CT molecular complexity index is 942. The van der Waals surface area contributed by atoms with Gasteiger partial charge in [0.15, 0.2) is 0 Å². The Hall–Kier alpha value is -3.47. The summed E-state index contributed by atoms with van der Waals surface area (Å²) in [6, 6.07) is 22.4. The Morgan fingerprint density at radius 3 is 2.26 bits per heavy atom. The first kappa shape index (κ1) is 18.3. The predicted molar refractivity (Wildman–Crippen MR) is 103 cm³/mol. The first-order chi connectivity index (χ1) is 13.1. The normalized spacial score (nSPS) is 10.3. The van der Waals surface area contributed by atoms with Crippen LogP contribution in [0.15, 0.2) is 78.9 Å². The number of para-hydroxylation sites is 1. The van der Waals surface area contributed by atoms with Crippen LogP contribution in [0.5, 0.6) is 0 Å². The highest BCUT2D eigenvalue weighted by molar-refractivity contribution is 6.04. The quantitative estimate of drug-likeness (QED) is 0.698. The lowest BCUT2D eigenvalue weighted by Crippen LogP contribution is -2.25. The van der Waals surface area contributed by atoms with Crippen LogP contribution in [0.3, 0.4) is 0 Å². The Labute approximate surface area is 157 Å². The molecule has 0 saturated carbocycles. The number of rotatable bonds is 6. The summed E-state index contributed by atoms with van der Waals surface area (Å²) in [4.78, 5) is 24.8. The van der Waals surface area contributed by atoms with Gasteiger partial charge in [0.2, 0.25) is 5.91 Å². The van der Waals surface area contributed by atoms with Gasteiger partial charge in [0.1, 0.15) is 5.82 Å². The molecule has 0 fully saturated rings. The first-order valence-corrected chi connectivity index (χ1v) is 8.58. The van der Waals surface area contributed by atoms with E-state index in [0.717, 1.165) is 5.56 Å². The number of anilines is 1. The monoisotopic (exact) mass is 362 g/mol. The van der Waals surface area contributed by atoms with E-state index in [-0.39, 0.29) is 18.2 Å². The zero-order valence-electron chi connectivity index (χ0n) is 14.6. The Balaban J connectivity index is 1.67. The minimum atomic E-state index is -0.429. The Morgan fingerprint density at radius 2 is 1.48 bits per heavy atom. The highest BCUT2D eigenvalue weighted by atomic mass is 19.1. The summed E-state index contributed by atoms with van der Waals surface area (Å²) < 4.78 is 13.7. The predicted octanol–water partition coefficient (Wildman–Crippen LogP) is 3.94. The highest BCUT2D eigenvalue weighted by Gasteiger charge is 2.14. The fraction of sp³-hybridized carbons (Fsp3) is 0.0909. The number of carbonyl (C=O) groups is 2. The van der Waals surface area contributed by atoms with Crippen LogP contribution in [-0.4, -0.2) is 11.8 Å². The first-order valence-electron chi connectivity index (χ1n) is 8.58. The van der Waals surface area contributed by atoms with Crippen LogP contribution < -0.4 is 10.6 Å². The third-order valence-electron chi connectivity index (χ3n) is 4.05. The fourth-order valence-electron chi connectivity index (χ4n) is 2.67. The third kappa shape index (κ3) is 5.01. The van der Waals surface area contributed by atoms with E-state index in [1.807, 2.05) is 30.3 Å². The smallest absolute Gasteiger partial charge is 0.253 e. The zero-order valence-corrected chi connectivity index (χ0v) is 14.6. The standard InChI is InChI=1S/C22H19FN2O2/c23-19-12-6-4-10-17(19)14-21(26)25-20-13-7-5-11-18(20)22(27)24-15-16-8-2-1-3-9-16/h1-13H,14-15H2,(H,24,27)(H,25,26). The fourth-order valence-corrected chi connectivity index (χ4v) is 2.67. The summed E-state index contributed by atoms with van der Waals surface area (Å²) in [5.41, 5.74) is 2.03. The second-order valence-corrected chi connectivity index (χ2v) is 6.03. The van der Waals surface area contributed by atoms with Crippen molar-refractivity contribution < 1.29 is 14.0 Å². The van der Waals surface area contributed by atoms with Gasteiger partial charge in [-0.1, -0.05) is 60.7 Å². The van der Waals surface area contributed by atoms with E-state index in [0.29, 0.717) is 23.4 Å². The van der Waals surface area contributed by atoms with E-state index in [2.05, 4.69) is 10.6 Å². The Kier molecular flexibility index (Phi) is 5.94.